The molecule has 0 fully saturated rings. The second kappa shape index (κ2) is 5.80. The van der Waals surface area contributed by atoms with Crippen molar-refractivity contribution in [2.75, 3.05) is 18.6 Å². The molecule has 2 aromatic rings. The third kappa shape index (κ3) is 2.21. The van der Waals surface area contributed by atoms with Crippen LogP contribution in [0.1, 0.15) is 31.1 Å². The molecule has 4 rings (SSSR count). The van der Waals surface area contributed by atoms with Gasteiger partial charge in [0.25, 0.3) is 17.7 Å². The minimum Gasteiger partial charge on any atom is -0.489 e. The molecule has 0 saturated carbocycles. The van der Waals surface area contributed by atoms with Crippen molar-refractivity contribution < 1.29 is 23.9 Å². The molecule has 0 spiro atoms. The summed E-state index contributed by atoms with van der Waals surface area (Å²) in [7, 11) is 1.52. The first-order valence-electron chi connectivity index (χ1n) is 7.99. The van der Waals surface area contributed by atoms with Crippen LogP contribution in [0.2, 0.25) is 0 Å². The summed E-state index contributed by atoms with van der Waals surface area (Å²) in [5.74, 6) is -1.08. The topological polar surface area (TPSA) is 84.0 Å². The number of nitrogens with zero attached hydrogens (tertiary/aromatic N) is 2. The lowest BCUT2D eigenvalue weighted by Gasteiger charge is -2.25. The van der Waals surface area contributed by atoms with E-state index in [2.05, 4.69) is 0 Å². The summed E-state index contributed by atoms with van der Waals surface area (Å²) in [6, 6.07) is 10.1. The molecule has 2 aliphatic heterocycles. The minimum atomic E-state index is -1.08. The van der Waals surface area contributed by atoms with Gasteiger partial charge >= 0.3 is 0 Å². The van der Waals surface area contributed by atoms with Gasteiger partial charge in [-0.25, -0.2) is 0 Å². The van der Waals surface area contributed by atoms with Gasteiger partial charge in [0.15, 0.2) is 6.04 Å². The highest BCUT2D eigenvalue weighted by molar-refractivity contribution is 6.23. The van der Waals surface area contributed by atoms with Crippen LogP contribution in [0, 0.1) is 0 Å². The molecule has 7 nitrogen and oxygen atoms in total. The summed E-state index contributed by atoms with van der Waals surface area (Å²) in [6.07, 6.45) is 0.672. The van der Waals surface area contributed by atoms with E-state index in [0.29, 0.717) is 23.3 Å². The molecule has 0 saturated heterocycles. The van der Waals surface area contributed by atoms with Gasteiger partial charge < -0.3 is 9.64 Å². The summed E-state index contributed by atoms with van der Waals surface area (Å²) in [6.45, 7) is -0.151. The number of carbonyl (C=O) groups excluding carboxylic acids is 4. The molecule has 0 unspecified atom stereocenters. The van der Waals surface area contributed by atoms with Gasteiger partial charge in [-0.05, 0) is 30.3 Å². The maximum absolute atomic E-state index is 12.9. The fraction of sp³-hybridized carbons (Fsp3) is 0.158. The van der Waals surface area contributed by atoms with Crippen molar-refractivity contribution >= 4 is 29.7 Å². The number of carbonyl (C=O) groups is 4. The highest BCUT2D eigenvalue weighted by Crippen LogP contribution is 2.34. The average molecular weight is 350 g/mol. The Kier molecular flexibility index (Phi) is 3.57. The number of ether oxygens (including phenoxy) is 1. The van der Waals surface area contributed by atoms with Crippen molar-refractivity contribution in [1.82, 2.24) is 4.90 Å². The van der Waals surface area contributed by atoms with E-state index in [-0.39, 0.29) is 17.7 Å². The van der Waals surface area contributed by atoms with E-state index in [1.165, 1.54) is 18.0 Å². The maximum atomic E-state index is 12.9. The molecule has 0 aliphatic carbocycles. The SMILES string of the molecule is CN1C(=O)[C@@H](N2C(=O)c3ccccc3C2=O)COc2ccc(C=O)cc21. The smallest absolute Gasteiger partial charge is 0.262 e. The largest absolute Gasteiger partial charge is 0.489 e. The van der Waals surface area contributed by atoms with Crippen LogP contribution in [0.5, 0.6) is 5.75 Å². The van der Waals surface area contributed by atoms with Gasteiger partial charge in [-0.2, -0.15) is 0 Å². The molecule has 0 bridgehead atoms. The third-order valence-electron chi connectivity index (χ3n) is 4.63. The van der Waals surface area contributed by atoms with Crippen molar-refractivity contribution in [2.45, 2.75) is 6.04 Å². The van der Waals surface area contributed by atoms with Crippen LogP contribution in [0.15, 0.2) is 42.5 Å². The lowest BCUT2D eigenvalue weighted by molar-refractivity contribution is -0.122. The monoisotopic (exact) mass is 350 g/mol. The zero-order valence-corrected chi connectivity index (χ0v) is 13.8. The predicted molar refractivity (Wildman–Crippen MR) is 91.5 cm³/mol. The molecule has 0 N–H and O–H groups in total. The van der Waals surface area contributed by atoms with Crippen LogP contribution in [-0.4, -0.2) is 48.6 Å². The number of anilines is 1. The molecule has 2 aromatic carbocycles. The van der Waals surface area contributed by atoms with Gasteiger partial charge in [-0.3, -0.25) is 24.1 Å². The number of hydrogen-bond acceptors (Lipinski definition) is 5. The molecule has 1 atom stereocenters. The second-order valence-electron chi connectivity index (χ2n) is 6.09. The number of amides is 3. The Balaban J connectivity index is 1.72. The van der Waals surface area contributed by atoms with E-state index in [4.69, 9.17) is 4.74 Å². The number of rotatable bonds is 2. The number of aldehydes is 1. The zero-order chi connectivity index (χ0) is 18.4. The number of fused-ring (bicyclic) bond motifs is 2. The first kappa shape index (κ1) is 16.0. The molecule has 26 heavy (non-hydrogen) atoms. The van der Waals surface area contributed by atoms with E-state index in [1.807, 2.05) is 0 Å². The summed E-state index contributed by atoms with van der Waals surface area (Å²) in [5, 5.41) is 0. The molecule has 130 valence electrons. The number of likely N-dealkylation sites (N-methyl/N-ethyl adjacent to an activating group) is 1. The minimum absolute atomic E-state index is 0.151. The van der Waals surface area contributed by atoms with E-state index in [0.717, 1.165) is 4.90 Å². The van der Waals surface area contributed by atoms with Gasteiger partial charge in [-0.1, -0.05) is 12.1 Å². The van der Waals surface area contributed by atoms with Crippen molar-refractivity contribution in [3.05, 3.63) is 59.2 Å². The highest BCUT2D eigenvalue weighted by Gasteiger charge is 2.45. The Morgan fingerprint density at radius 3 is 2.31 bits per heavy atom. The van der Waals surface area contributed by atoms with Gasteiger partial charge in [0.1, 0.15) is 18.6 Å². The standard InChI is InChI=1S/C19H14N2O5/c1-20-14-8-11(9-22)6-7-16(14)26-10-15(19(20)25)21-17(23)12-4-2-3-5-13(12)18(21)24/h2-9,15H,10H2,1H3/t15-/m0/s1. The van der Waals surface area contributed by atoms with Gasteiger partial charge in [0.05, 0.1) is 16.8 Å². The quantitative estimate of drug-likeness (QED) is 0.606. The zero-order valence-electron chi connectivity index (χ0n) is 13.8. The Morgan fingerprint density at radius 2 is 1.69 bits per heavy atom. The first-order chi connectivity index (χ1) is 12.5. The van der Waals surface area contributed by atoms with Crippen molar-refractivity contribution in [2.24, 2.45) is 0 Å². The summed E-state index contributed by atoms with van der Waals surface area (Å²) < 4.78 is 5.68. The van der Waals surface area contributed by atoms with Crippen LogP contribution in [0.4, 0.5) is 5.69 Å². The van der Waals surface area contributed by atoms with Crippen LogP contribution in [0.25, 0.3) is 0 Å². The highest BCUT2D eigenvalue weighted by atomic mass is 16.5. The Hall–Kier alpha value is -3.48. The molecular weight excluding hydrogens is 336 g/mol. The summed E-state index contributed by atoms with van der Waals surface area (Å²) in [5.41, 5.74) is 1.36. The Bertz CT molecular complexity index is 933. The van der Waals surface area contributed by atoms with Crippen LogP contribution in [-0.2, 0) is 4.79 Å². The second-order valence-corrected chi connectivity index (χ2v) is 6.09. The summed E-state index contributed by atoms with van der Waals surface area (Å²) in [4.78, 5) is 51.6. The number of hydrogen-bond donors (Lipinski definition) is 0. The lowest BCUT2D eigenvalue weighted by Crippen LogP contribution is -2.52. The number of imide groups is 1. The van der Waals surface area contributed by atoms with Crippen molar-refractivity contribution in [1.29, 1.82) is 0 Å². The molecule has 2 aliphatic rings. The molecule has 7 heteroatoms. The predicted octanol–water partition coefficient (Wildman–Crippen LogP) is 1.52. The van der Waals surface area contributed by atoms with Crippen molar-refractivity contribution in [3.8, 4) is 5.75 Å². The fourth-order valence-electron chi connectivity index (χ4n) is 3.25. The van der Waals surface area contributed by atoms with E-state index >= 15 is 0 Å². The van der Waals surface area contributed by atoms with Gasteiger partial charge in [-0.15, -0.1) is 0 Å². The van der Waals surface area contributed by atoms with Gasteiger partial charge in [0.2, 0.25) is 0 Å². The van der Waals surface area contributed by atoms with E-state index in [1.54, 1.807) is 36.4 Å². The Labute approximate surface area is 148 Å². The molecule has 0 aromatic heterocycles. The molecule has 3 amide bonds. The summed E-state index contributed by atoms with van der Waals surface area (Å²) >= 11 is 0. The fourth-order valence-corrected chi connectivity index (χ4v) is 3.25. The average Bonchev–Trinajstić information content (AvgIpc) is 2.85. The number of benzene rings is 2. The van der Waals surface area contributed by atoms with E-state index in [9.17, 15) is 19.2 Å². The molecule has 0 radical (unpaired) electrons. The first-order valence-corrected chi connectivity index (χ1v) is 7.99. The molecular formula is C19H14N2O5. The van der Waals surface area contributed by atoms with Gasteiger partial charge in [0, 0.05) is 12.6 Å². The normalized spacial score (nSPS) is 19.0. The maximum Gasteiger partial charge on any atom is 0.262 e. The Morgan fingerprint density at radius 1 is 1.04 bits per heavy atom. The van der Waals surface area contributed by atoms with E-state index < -0.39 is 23.8 Å². The lowest BCUT2D eigenvalue weighted by atomic mass is 10.1. The van der Waals surface area contributed by atoms with Crippen LogP contribution < -0.4 is 9.64 Å². The molecule has 2 heterocycles. The van der Waals surface area contributed by atoms with Crippen LogP contribution in [0.3, 0.4) is 0 Å². The van der Waals surface area contributed by atoms with Crippen LogP contribution >= 0.6 is 0 Å². The third-order valence-corrected chi connectivity index (χ3v) is 4.63. The van der Waals surface area contributed by atoms with Crippen molar-refractivity contribution in [3.63, 3.8) is 0 Å².